The number of benzene rings is 4. The van der Waals surface area contributed by atoms with Crippen LogP contribution in [0.15, 0.2) is 106 Å². The first-order chi connectivity index (χ1) is 16.1. The number of alkyl halides is 2. The summed E-state index contributed by atoms with van der Waals surface area (Å²) in [5.74, 6) is 0. The molecule has 168 valence electrons. The van der Waals surface area contributed by atoms with Crippen molar-refractivity contribution >= 4 is 63.7 Å². The van der Waals surface area contributed by atoms with Crippen molar-refractivity contribution in [3.8, 4) is 0 Å². The van der Waals surface area contributed by atoms with E-state index in [0.717, 1.165) is 41.9 Å². The van der Waals surface area contributed by atoms with Gasteiger partial charge in [0.2, 0.25) is 0 Å². The standard InChI is InChI=1S/C28H22Br4O/c29-17-21-15-23(31)11-13-25(21)27(19-7-3-1-4-8-19)33-28(20-9-5-2-6-10-20)26-14-12-24(32)16-22(26)18-30/h1-16,27-28H,17-18H2. The van der Waals surface area contributed by atoms with Gasteiger partial charge >= 0.3 is 0 Å². The molecule has 33 heavy (non-hydrogen) atoms. The van der Waals surface area contributed by atoms with Gasteiger partial charge < -0.3 is 4.74 Å². The minimum Gasteiger partial charge on any atom is -0.356 e. The van der Waals surface area contributed by atoms with Gasteiger partial charge in [0, 0.05) is 19.6 Å². The van der Waals surface area contributed by atoms with Crippen molar-refractivity contribution in [1.82, 2.24) is 0 Å². The Morgan fingerprint density at radius 2 is 0.939 bits per heavy atom. The maximum Gasteiger partial charge on any atom is 0.109 e. The fraction of sp³-hybridized carbons (Fsp3) is 0.143. The highest BCUT2D eigenvalue weighted by Gasteiger charge is 2.26. The third kappa shape index (κ3) is 6.07. The molecule has 0 spiro atoms. The molecule has 0 aliphatic carbocycles. The minimum atomic E-state index is -0.233. The van der Waals surface area contributed by atoms with Gasteiger partial charge in [-0.15, -0.1) is 0 Å². The van der Waals surface area contributed by atoms with Gasteiger partial charge in [-0.1, -0.05) is 137 Å². The highest BCUT2D eigenvalue weighted by atomic mass is 79.9. The summed E-state index contributed by atoms with van der Waals surface area (Å²) in [7, 11) is 0. The molecule has 0 aromatic heterocycles. The van der Waals surface area contributed by atoms with Gasteiger partial charge in [-0.2, -0.15) is 0 Å². The molecular formula is C28H22Br4O. The second kappa shape index (κ2) is 11.9. The molecule has 5 heteroatoms. The lowest BCUT2D eigenvalue weighted by Gasteiger charge is -2.29. The highest BCUT2D eigenvalue weighted by molar-refractivity contribution is 9.11. The van der Waals surface area contributed by atoms with Crippen LogP contribution in [0.2, 0.25) is 0 Å². The zero-order valence-electron chi connectivity index (χ0n) is 17.7. The quantitative estimate of drug-likeness (QED) is 0.167. The minimum absolute atomic E-state index is 0.233. The Labute approximate surface area is 229 Å². The van der Waals surface area contributed by atoms with Crippen molar-refractivity contribution in [3.05, 3.63) is 139 Å². The summed E-state index contributed by atoms with van der Waals surface area (Å²) in [6, 6.07) is 33.7. The second-order valence-electron chi connectivity index (χ2n) is 7.67. The number of ether oxygens (including phenoxy) is 1. The number of halogens is 4. The van der Waals surface area contributed by atoms with Gasteiger partial charge in [0.25, 0.3) is 0 Å². The van der Waals surface area contributed by atoms with E-state index in [1.165, 1.54) is 11.1 Å². The molecule has 0 bridgehead atoms. The van der Waals surface area contributed by atoms with E-state index < -0.39 is 0 Å². The van der Waals surface area contributed by atoms with Crippen LogP contribution in [0.5, 0.6) is 0 Å². The molecule has 0 aliphatic heterocycles. The van der Waals surface area contributed by atoms with Gasteiger partial charge in [0.15, 0.2) is 0 Å². The van der Waals surface area contributed by atoms with Crippen molar-refractivity contribution in [2.24, 2.45) is 0 Å². The first-order valence-corrected chi connectivity index (χ1v) is 14.4. The molecule has 0 saturated carbocycles. The molecule has 4 aromatic carbocycles. The summed E-state index contributed by atoms with van der Waals surface area (Å²) in [5.41, 5.74) is 6.95. The molecule has 0 radical (unpaired) electrons. The van der Waals surface area contributed by atoms with Crippen molar-refractivity contribution in [2.75, 3.05) is 0 Å². The van der Waals surface area contributed by atoms with E-state index in [0.29, 0.717) is 0 Å². The molecular weight excluding hydrogens is 672 g/mol. The van der Waals surface area contributed by atoms with Gasteiger partial charge in [-0.3, -0.25) is 0 Å². The fourth-order valence-electron chi connectivity index (χ4n) is 3.95. The highest BCUT2D eigenvalue weighted by Crippen LogP contribution is 2.40. The summed E-state index contributed by atoms with van der Waals surface area (Å²) in [6.07, 6.45) is -0.465. The molecule has 0 N–H and O–H groups in total. The summed E-state index contributed by atoms with van der Waals surface area (Å²) >= 11 is 14.6. The van der Waals surface area contributed by atoms with E-state index in [9.17, 15) is 0 Å². The lowest BCUT2D eigenvalue weighted by Crippen LogP contribution is -2.15. The van der Waals surface area contributed by atoms with E-state index in [2.05, 4.69) is 149 Å². The molecule has 1 nitrogen and oxygen atoms in total. The first-order valence-electron chi connectivity index (χ1n) is 10.5. The van der Waals surface area contributed by atoms with E-state index in [1.54, 1.807) is 0 Å². The van der Waals surface area contributed by atoms with Gasteiger partial charge in [0.05, 0.1) is 0 Å². The van der Waals surface area contributed by atoms with Crippen LogP contribution in [0.25, 0.3) is 0 Å². The molecule has 2 unspecified atom stereocenters. The lowest BCUT2D eigenvalue weighted by molar-refractivity contribution is 0.0301. The molecule has 2 atom stereocenters. The Morgan fingerprint density at radius 3 is 1.30 bits per heavy atom. The van der Waals surface area contributed by atoms with Crippen LogP contribution in [-0.4, -0.2) is 0 Å². The number of hydrogen-bond acceptors (Lipinski definition) is 1. The predicted molar refractivity (Wildman–Crippen MR) is 151 cm³/mol. The Kier molecular flexibility index (Phi) is 9.00. The third-order valence-corrected chi connectivity index (χ3v) is 7.73. The molecule has 4 rings (SSSR count). The summed E-state index contributed by atoms with van der Waals surface area (Å²) in [6.45, 7) is 0. The van der Waals surface area contributed by atoms with E-state index >= 15 is 0 Å². The molecule has 0 saturated heterocycles. The zero-order chi connectivity index (χ0) is 23.2. The summed E-state index contributed by atoms with van der Waals surface area (Å²) < 4.78 is 9.20. The lowest BCUT2D eigenvalue weighted by atomic mass is 9.94. The Balaban J connectivity index is 1.87. The zero-order valence-corrected chi connectivity index (χ0v) is 24.1. The Hall–Kier alpha value is -1.24. The topological polar surface area (TPSA) is 9.23 Å². The number of hydrogen-bond donors (Lipinski definition) is 0. The summed E-state index contributed by atoms with van der Waals surface area (Å²) in [5, 5.41) is 1.49. The van der Waals surface area contributed by atoms with Crippen LogP contribution in [0, 0.1) is 0 Å². The van der Waals surface area contributed by atoms with E-state index in [4.69, 9.17) is 4.74 Å². The average molecular weight is 694 g/mol. The van der Waals surface area contributed by atoms with Crippen LogP contribution in [0.1, 0.15) is 45.6 Å². The summed E-state index contributed by atoms with van der Waals surface area (Å²) in [4.78, 5) is 0. The van der Waals surface area contributed by atoms with Crippen LogP contribution in [0.4, 0.5) is 0 Å². The van der Waals surface area contributed by atoms with Crippen molar-refractivity contribution in [3.63, 3.8) is 0 Å². The SMILES string of the molecule is BrCc1cc(Br)ccc1C(OC(c1ccccc1)c1ccc(Br)cc1CBr)c1ccccc1. The van der Waals surface area contributed by atoms with Crippen molar-refractivity contribution < 1.29 is 4.74 Å². The van der Waals surface area contributed by atoms with E-state index in [-0.39, 0.29) is 12.2 Å². The fourth-order valence-corrected chi connectivity index (χ4v) is 5.73. The maximum atomic E-state index is 7.09. The molecule has 0 aliphatic rings. The normalized spacial score (nSPS) is 13.0. The van der Waals surface area contributed by atoms with Crippen molar-refractivity contribution in [2.45, 2.75) is 22.9 Å². The van der Waals surface area contributed by atoms with Gasteiger partial charge in [-0.05, 0) is 57.6 Å². The van der Waals surface area contributed by atoms with Gasteiger partial charge in [0.1, 0.15) is 12.2 Å². The van der Waals surface area contributed by atoms with Crippen LogP contribution < -0.4 is 0 Å². The maximum absolute atomic E-state index is 7.09. The molecule has 0 heterocycles. The predicted octanol–water partition coefficient (Wildman–Crippen LogP) is 9.90. The Bertz CT molecular complexity index is 1100. The van der Waals surface area contributed by atoms with Crippen LogP contribution in [-0.2, 0) is 15.4 Å². The smallest absolute Gasteiger partial charge is 0.109 e. The van der Waals surface area contributed by atoms with E-state index in [1.807, 2.05) is 12.1 Å². The first kappa shape index (κ1) is 24.9. The average Bonchev–Trinajstić information content (AvgIpc) is 2.86. The monoisotopic (exact) mass is 690 g/mol. The third-order valence-electron chi connectivity index (χ3n) is 5.54. The molecule has 4 aromatic rings. The second-order valence-corrected chi connectivity index (χ2v) is 10.6. The van der Waals surface area contributed by atoms with Crippen LogP contribution in [0.3, 0.4) is 0 Å². The molecule has 0 fully saturated rings. The molecule has 0 amide bonds. The van der Waals surface area contributed by atoms with Crippen LogP contribution >= 0.6 is 63.7 Å². The Morgan fingerprint density at radius 1 is 0.545 bits per heavy atom. The number of rotatable bonds is 8. The van der Waals surface area contributed by atoms with Gasteiger partial charge in [-0.25, -0.2) is 0 Å². The largest absolute Gasteiger partial charge is 0.356 e. The van der Waals surface area contributed by atoms with Crippen molar-refractivity contribution in [1.29, 1.82) is 0 Å².